The molecule has 2 aromatic rings. The standard InChI is InChI=1S/C13H14BClN4O3/c1-2-13(11(14)21)7(20)5-8(22-13)19-4-3-6-9(16)17-12(15)18-10(6)19/h1,3-4,7-8,11,20-21H,5,14H2,(H2,16,17,18)/t7-,8+,11?,13-/m0/s1. The third kappa shape index (κ3) is 2.06. The Labute approximate surface area is 132 Å². The molecule has 4 N–H and O–H groups in total. The van der Waals surface area contributed by atoms with Crippen LogP contribution in [-0.2, 0) is 4.74 Å². The predicted octanol–water partition coefficient (Wildman–Crippen LogP) is -0.730. The number of aliphatic hydroxyl groups is 2. The highest BCUT2D eigenvalue weighted by Crippen LogP contribution is 2.39. The van der Waals surface area contributed by atoms with E-state index < -0.39 is 23.9 Å². The summed E-state index contributed by atoms with van der Waals surface area (Å²) in [4.78, 5) is 8.03. The van der Waals surface area contributed by atoms with Crippen LogP contribution in [0.4, 0.5) is 5.82 Å². The number of rotatable bonds is 2. The number of hydrogen-bond donors (Lipinski definition) is 3. The Balaban J connectivity index is 2.06. The molecule has 1 fully saturated rings. The fraction of sp³-hybridized carbons (Fsp3) is 0.385. The molecule has 0 saturated carbocycles. The van der Waals surface area contributed by atoms with Gasteiger partial charge >= 0.3 is 0 Å². The monoisotopic (exact) mass is 320 g/mol. The smallest absolute Gasteiger partial charge is 0.226 e. The minimum Gasteiger partial charge on any atom is -0.398 e. The largest absolute Gasteiger partial charge is 0.398 e. The molecule has 1 saturated heterocycles. The highest BCUT2D eigenvalue weighted by molar-refractivity contribution is 6.28. The van der Waals surface area contributed by atoms with Gasteiger partial charge in [-0.25, -0.2) is 4.98 Å². The predicted molar refractivity (Wildman–Crippen MR) is 83.8 cm³/mol. The summed E-state index contributed by atoms with van der Waals surface area (Å²) < 4.78 is 7.46. The fourth-order valence-electron chi connectivity index (χ4n) is 2.78. The van der Waals surface area contributed by atoms with Gasteiger partial charge in [-0.3, -0.25) is 0 Å². The summed E-state index contributed by atoms with van der Waals surface area (Å²) in [5, 5.41) is 20.8. The molecule has 3 heterocycles. The fourth-order valence-corrected chi connectivity index (χ4v) is 2.95. The van der Waals surface area contributed by atoms with Crippen LogP contribution in [0.2, 0.25) is 5.28 Å². The first-order valence-electron chi connectivity index (χ1n) is 6.70. The minimum absolute atomic E-state index is 0.0160. The van der Waals surface area contributed by atoms with E-state index in [1.165, 1.54) is 7.85 Å². The van der Waals surface area contributed by atoms with Crippen molar-refractivity contribution in [2.24, 2.45) is 0 Å². The van der Waals surface area contributed by atoms with Gasteiger partial charge in [-0.05, 0) is 17.7 Å². The third-order valence-corrected chi connectivity index (χ3v) is 4.15. The molecule has 0 aliphatic carbocycles. The number of aliphatic hydroxyl groups excluding tert-OH is 2. The molecule has 7 nitrogen and oxygen atoms in total. The Hall–Kier alpha value is -1.79. The normalized spacial score (nSPS) is 29.5. The maximum absolute atomic E-state index is 10.2. The number of nitrogen functional groups attached to an aromatic ring is 1. The summed E-state index contributed by atoms with van der Waals surface area (Å²) in [5.74, 6) is 2.63. The molecule has 0 spiro atoms. The summed E-state index contributed by atoms with van der Waals surface area (Å²) in [6.07, 6.45) is 5.78. The van der Waals surface area contributed by atoms with Gasteiger partial charge in [-0.2, -0.15) is 4.98 Å². The van der Waals surface area contributed by atoms with Crippen molar-refractivity contribution >= 4 is 36.3 Å². The average Bonchev–Trinajstić information content (AvgIpc) is 3.00. The summed E-state index contributed by atoms with van der Waals surface area (Å²) in [6, 6.07) is 0.706. The zero-order valence-corrected chi connectivity index (χ0v) is 12.5. The summed E-state index contributed by atoms with van der Waals surface area (Å²) >= 11 is 5.84. The minimum atomic E-state index is -1.45. The molecule has 2 aromatic heterocycles. The molecule has 0 amide bonds. The van der Waals surface area contributed by atoms with Crippen LogP contribution in [0, 0.1) is 12.3 Å². The second-order valence-electron chi connectivity index (χ2n) is 5.28. The molecule has 0 radical (unpaired) electrons. The van der Waals surface area contributed by atoms with Gasteiger partial charge in [-0.1, -0.05) is 5.92 Å². The number of nitrogens with two attached hydrogens (primary N) is 1. The maximum Gasteiger partial charge on any atom is 0.226 e. The second kappa shape index (κ2) is 5.14. The topological polar surface area (TPSA) is 106 Å². The summed E-state index contributed by atoms with van der Waals surface area (Å²) in [5.41, 5.74) is 4.84. The van der Waals surface area contributed by atoms with E-state index in [1.54, 1.807) is 16.8 Å². The van der Waals surface area contributed by atoms with E-state index in [1.807, 2.05) is 0 Å². The first kappa shape index (κ1) is 15.1. The Morgan fingerprint density at radius 2 is 2.36 bits per heavy atom. The number of terminal acetylenes is 1. The van der Waals surface area contributed by atoms with Crippen LogP contribution in [0.5, 0.6) is 0 Å². The quantitative estimate of drug-likeness (QED) is 0.383. The SMILES string of the molecule is BC(O)[C@@]1(C#C)O[C@@H](n2ccc3c(N)nc(Cl)nc32)C[C@@H]1O. The van der Waals surface area contributed by atoms with E-state index in [9.17, 15) is 10.2 Å². The van der Waals surface area contributed by atoms with Crippen molar-refractivity contribution in [3.8, 4) is 12.3 Å². The molecular formula is C13H14BClN4O3. The molecule has 3 rings (SSSR count). The molecular weight excluding hydrogens is 306 g/mol. The number of halogens is 1. The van der Waals surface area contributed by atoms with Crippen molar-refractivity contribution < 1.29 is 14.9 Å². The van der Waals surface area contributed by atoms with Crippen LogP contribution in [0.1, 0.15) is 12.6 Å². The molecule has 0 bridgehead atoms. The Kier molecular flexibility index (Phi) is 3.53. The molecule has 22 heavy (non-hydrogen) atoms. The van der Waals surface area contributed by atoms with Gasteiger partial charge in [0.2, 0.25) is 5.28 Å². The van der Waals surface area contributed by atoms with Gasteiger partial charge < -0.3 is 25.3 Å². The van der Waals surface area contributed by atoms with Gasteiger partial charge in [0.25, 0.3) is 0 Å². The number of nitrogens with zero attached hydrogens (tertiary/aromatic N) is 3. The zero-order valence-electron chi connectivity index (χ0n) is 11.8. The first-order chi connectivity index (χ1) is 10.4. The maximum atomic E-state index is 10.2. The lowest BCUT2D eigenvalue weighted by atomic mass is 9.80. The highest BCUT2D eigenvalue weighted by Gasteiger charge is 2.51. The van der Waals surface area contributed by atoms with Crippen molar-refractivity contribution in [1.82, 2.24) is 14.5 Å². The molecule has 1 aliphatic rings. The van der Waals surface area contributed by atoms with Gasteiger partial charge in [0.05, 0.1) is 11.4 Å². The summed E-state index contributed by atoms with van der Waals surface area (Å²) in [7, 11) is 1.48. The molecule has 9 heteroatoms. The molecule has 1 aliphatic heterocycles. The van der Waals surface area contributed by atoms with Crippen molar-refractivity contribution in [2.45, 2.75) is 30.4 Å². The number of anilines is 1. The number of ether oxygens (including phenoxy) is 1. The summed E-state index contributed by atoms with van der Waals surface area (Å²) in [6.45, 7) is 0. The Morgan fingerprint density at radius 1 is 1.64 bits per heavy atom. The average molecular weight is 321 g/mol. The van der Waals surface area contributed by atoms with E-state index in [2.05, 4.69) is 15.9 Å². The first-order valence-corrected chi connectivity index (χ1v) is 7.08. The molecule has 1 unspecified atom stereocenters. The lowest BCUT2D eigenvalue weighted by Gasteiger charge is -2.29. The van der Waals surface area contributed by atoms with Crippen LogP contribution in [0.25, 0.3) is 11.0 Å². The molecule has 114 valence electrons. The Morgan fingerprint density at radius 3 is 2.95 bits per heavy atom. The number of hydrogen-bond acceptors (Lipinski definition) is 6. The van der Waals surface area contributed by atoms with Gasteiger partial charge in [-0.15, -0.1) is 6.42 Å². The molecule has 0 aromatic carbocycles. The van der Waals surface area contributed by atoms with Gasteiger partial charge in [0, 0.05) is 12.6 Å². The van der Waals surface area contributed by atoms with Crippen LogP contribution in [0.15, 0.2) is 12.3 Å². The van der Waals surface area contributed by atoms with E-state index in [4.69, 9.17) is 28.5 Å². The lowest BCUT2D eigenvalue weighted by molar-refractivity contribution is -0.102. The van der Waals surface area contributed by atoms with Crippen molar-refractivity contribution in [2.75, 3.05) is 5.73 Å². The van der Waals surface area contributed by atoms with Crippen molar-refractivity contribution in [1.29, 1.82) is 0 Å². The van der Waals surface area contributed by atoms with E-state index in [-0.39, 0.29) is 17.5 Å². The number of aromatic nitrogens is 3. The Bertz CT molecular complexity index is 774. The van der Waals surface area contributed by atoms with Crippen LogP contribution < -0.4 is 5.73 Å². The van der Waals surface area contributed by atoms with Crippen LogP contribution >= 0.6 is 11.6 Å². The van der Waals surface area contributed by atoms with Crippen LogP contribution in [0.3, 0.4) is 0 Å². The number of fused-ring (bicyclic) bond motifs is 1. The van der Waals surface area contributed by atoms with E-state index >= 15 is 0 Å². The van der Waals surface area contributed by atoms with Gasteiger partial charge in [0.1, 0.15) is 31.6 Å². The lowest BCUT2D eigenvalue weighted by Crippen LogP contribution is -2.49. The van der Waals surface area contributed by atoms with E-state index in [0.717, 1.165) is 0 Å². The zero-order chi connectivity index (χ0) is 16.1. The van der Waals surface area contributed by atoms with Crippen LogP contribution in [-0.4, -0.2) is 50.3 Å². The second-order valence-corrected chi connectivity index (χ2v) is 5.61. The highest BCUT2D eigenvalue weighted by atomic mass is 35.5. The van der Waals surface area contributed by atoms with E-state index in [0.29, 0.717) is 11.0 Å². The van der Waals surface area contributed by atoms with Crippen molar-refractivity contribution in [3.05, 3.63) is 17.5 Å². The third-order valence-electron chi connectivity index (χ3n) is 3.98. The molecule has 4 atom stereocenters. The van der Waals surface area contributed by atoms with Crippen molar-refractivity contribution in [3.63, 3.8) is 0 Å². The van der Waals surface area contributed by atoms with Gasteiger partial charge in [0.15, 0.2) is 5.60 Å².